The van der Waals surface area contributed by atoms with Crippen LogP contribution in [0.15, 0.2) is 132 Å². The van der Waals surface area contributed by atoms with Crippen LogP contribution < -0.4 is 57.7 Å². The number of hydrogen-bond donors (Lipinski definition) is 4. The molecule has 0 atom stereocenters. The van der Waals surface area contributed by atoms with Gasteiger partial charge in [-0.2, -0.15) is 4.99 Å². The Balaban J connectivity index is -0.000000801. The van der Waals surface area contributed by atoms with Gasteiger partial charge in [0.05, 0.1) is 21.2 Å². The molecule has 0 saturated carbocycles. The monoisotopic (exact) mass is 1210 g/mol. The number of alkyl halides is 1. The van der Waals surface area contributed by atoms with Crippen LogP contribution >= 0.6 is 122 Å². The Morgan fingerprint density at radius 1 is 0.831 bits per heavy atom. The van der Waals surface area contributed by atoms with Gasteiger partial charge in [-0.1, -0.05) is 147 Å². The van der Waals surface area contributed by atoms with Crippen molar-refractivity contribution in [2.24, 2.45) is 10.7 Å². The fraction of sp³-hybridized carbons (Fsp3) is 0.111. The first-order valence-electron chi connectivity index (χ1n) is 18.8. The van der Waals surface area contributed by atoms with Crippen LogP contribution in [-0.4, -0.2) is 61.9 Å². The zero-order valence-electron chi connectivity index (χ0n) is 38.2. The summed E-state index contributed by atoms with van der Waals surface area (Å²) in [6.07, 6.45) is 0.594. The van der Waals surface area contributed by atoms with Gasteiger partial charge < -0.3 is 38.6 Å². The molecule has 0 saturated heterocycles. The molecular weight excluding hydrogens is 1170 g/mol. The number of nitrogens with two attached hydrogens (primary N) is 2. The van der Waals surface area contributed by atoms with Gasteiger partial charge in [-0.15, -0.1) is 11.3 Å². The van der Waals surface area contributed by atoms with Crippen LogP contribution in [0.2, 0.25) is 15.2 Å². The maximum absolute atomic E-state index is 11.1. The molecule has 5 aromatic heterocycles. The summed E-state index contributed by atoms with van der Waals surface area (Å²) in [6, 6.07) is 36.9. The Bertz CT molecular complexity index is 2710. The number of rotatable bonds is 9. The van der Waals surface area contributed by atoms with Gasteiger partial charge in [-0.25, -0.2) is 19.9 Å². The number of thiocarbonyl (C=S) groups is 3. The number of pyridine rings is 4. The SMILES string of the molecule is Cc1cccc(CC(N)=S)n1.Cc1cccc(N)n1.Cc1cccc(N=C=S)n1.Clc1cccc(-c2csc(Nc3cccc(Cl)n3)n2)c1.N.O.O=C(CBr)c1cccc(Cl)c1.O=CO[O-].S=C(Cl)Cl.[Na+]. The number of carbonyl (C=O) groups excluding carboxylic acids is 2. The topological polar surface area (TPSA) is 274 Å². The fourth-order valence-corrected chi connectivity index (χ4v) is 6.35. The zero-order chi connectivity index (χ0) is 50.9. The molecular formula is C45H45BrCl5N10NaO5S4. The molecule has 7 rings (SSSR count). The maximum atomic E-state index is 11.1. The molecule has 0 bridgehead atoms. The molecule has 0 unspecified atom stereocenters. The van der Waals surface area contributed by atoms with Gasteiger partial charge >= 0.3 is 29.6 Å². The average Bonchev–Trinajstić information content (AvgIpc) is 3.75. The van der Waals surface area contributed by atoms with Crippen LogP contribution in [0.25, 0.3) is 11.3 Å². The van der Waals surface area contributed by atoms with Crippen molar-refractivity contribution in [2.75, 3.05) is 16.4 Å². The molecule has 2 aromatic carbocycles. The minimum Gasteiger partial charge on any atom is -0.662 e. The Morgan fingerprint density at radius 3 is 1.85 bits per heavy atom. The molecule has 7 aromatic rings. The normalized spacial score (nSPS) is 8.82. The fourth-order valence-electron chi connectivity index (χ4n) is 4.52. The predicted octanol–water partition coefficient (Wildman–Crippen LogP) is 9.01. The number of thiazole rings is 1. The molecule has 0 spiro atoms. The maximum Gasteiger partial charge on any atom is 1.00 e. The van der Waals surface area contributed by atoms with Crippen LogP contribution in [0, 0.1) is 20.8 Å². The number of aryl methyl sites for hydroxylation is 3. The smallest absolute Gasteiger partial charge is 0.662 e. The van der Waals surface area contributed by atoms with Crippen LogP contribution in [-0.2, 0) is 16.1 Å². The largest absolute Gasteiger partial charge is 1.00 e. The summed E-state index contributed by atoms with van der Waals surface area (Å²) in [4.78, 5) is 47.5. The zero-order valence-corrected chi connectivity index (χ0v) is 48.8. The Kier molecular flexibility index (Phi) is 42.7. The molecule has 26 heteroatoms. The van der Waals surface area contributed by atoms with E-state index in [0.717, 1.165) is 39.2 Å². The third kappa shape index (κ3) is 35.7. The van der Waals surface area contributed by atoms with Crippen molar-refractivity contribution in [3.05, 3.63) is 170 Å². The van der Waals surface area contributed by atoms with E-state index in [2.05, 4.69) is 85.6 Å². The number of aliphatic imine (C=N–C) groups is 1. The van der Waals surface area contributed by atoms with Crippen LogP contribution in [0.5, 0.6) is 0 Å². The van der Waals surface area contributed by atoms with Gasteiger partial charge in [0.1, 0.15) is 16.8 Å². The summed E-state index contributed by atoms with van der Waals surface area (Å²) in [5, 5.41) is 18.6. The first-order valence-corrected chi connectivity index (χ1v) is 24.0. The van der Waals surface area contributed by atoms with Crippen molar-refractivity contribution in [3.63, 3.8) is 0 Å². The van der Waals surface area contributed by atoms with Gasteiger partial charge in [0, 0.05) is 55.7 Å². The second kappa shape index (κ2) is 42.5. The molecule has 0 aliphatic rings. The standard InChI is InChI=1S/C14H9Cl2N3S.C8H6BrClO.C8H10N2S.C7H6N2S.C6H8N2.CCl2S.CH2O3.H3N.Na.H2O/c15-10-4-1-3-9(7-10)11-8-20-14(17-11)19-13-6-2-5-12(16)18-13;9-5-8(11)6-2-1-3-7(10)4-6;1-6-3-2-4-7(10-6)5-8(9)11;1-6-3-2-4-7(9-6)8-5-10;1-5-3-2-4-6(7)8-5;2-1(3)4;2-1-4-3;;;/h1-8H,(H,17,18,19);1-4H,5H2;2-4H,5H2,1H3,(H2,9,11);2-4H,1H3;2-4H,1H3,(H2,7,8);;1,3H;1H3;;1H2/q;;;;;;;;+1;/p-1. The third-order valence-electron chi connectivity index (χ3n) is 7.13. The van der Waals surface area contributed by atoms with Crippen molar-refractivity contribution in [2.45, 2.75) is 27.2 Å². The number of Topliss-reactive ketones (excluding diaryl/α,β-unsaturated/α-hetero) is 1. The number of hydrogen-bond acceptors (Lipinski definition) is 17. The Morgan fingerprint density at radius 2 is 1.37 bits per heavy atom. The van der Waals surface area contributed by atoms with Gasteiger partial charge in [0.25, 0.3) is 6.47 Å². The Hall–Kier alpha value is -4.00. The quantitative estimate of drug-likeness (QED) is 0.0100. The number of benzene rings is 2. The van der Waals surface area contributed by atoms with E-state index in [1.54, 1.807) is 42.5 Å². The van der Waals surface area contributed by atoms with Gasteiger partial charge in [-0.3, -0.25) is 14.6 Å². The van der Waals surface area contributed by atoms with Crippen molar-refractivity contribution in [3.8, 4) is 11.3 Å². The van der Waals surface area contributed by atoms with Gasteiger partial charge in [-0.05, 0) is 106 Å². The number of carbonyl (C=O) groups is 2. The van der Waals surface area contributed by atoms with Crippen molar-refractivity contribution >= 4 is 171 Å². The molecule has 0 aliphatic carbocycles. The number of aromatic nitrogens is 5. The number of nitrogens with zero attached hydrogens (tertiary/aromatic N) is 6. The molecule has 0 radical (unpaired) electrons. The number of halogens is 6. The Labute approximate surface area is 487 Å². The van der Waals surface area contributed by atoms with E-state index in [1.807, 2.05) is 105 Å². The van der Waals surface area contributed by atoms with E-state index in [0.29, 0.717) is 55.0 Å². The summed E-state index contributed by atoms with van der Waals surface area (Å²) < 4.78 is -0.0556. The number of ketones is 1. The van der Waals surface area contributed by atoms with Crippen LogP contribution in [0.3, 0.4) is 0 Å². The summed E-state index contributed by atoms with van der Waals surface area (Å²) >= 11 is 44.9. The third-order valence-corrected chi connectivity index (χ3v) is 9.31. The number of anilines is 3. The van der Waals surface area contributed by atoms with Crippen LogP contribution in [0.4, 0.5) is 22.6 Å². The minimum atomic E-state index is -0.181. The molecule has 5 heterocycles. The summed E-state index contributed by atoms with van der Waals surface area (Å²) in [6.45, 7) is 5.59. The number of isothiocyanates is 1. The van der Waals surface area contributed by atoms with Crippen molar-refractivity contribution < 1.29 is 54.8 Å². The van der Waals surface area contributed by atoms with E-state index in [-0.39, 0.29) is 57.2 Å². The van der Waals surface area contributed by atoms with Crippen molar-refractivity contribution in [1.82, 2.24) is 31.1 Å². The van der Waals surface area contributed by atoms with E-state index >= 15 is 0 Å². The summed E-state index contributed by atoms with van der Waals surface area (Å²) in [5.74, 6) is 1.93. The molecule has 0 aliphatic heterocycles. The molecule has 0 fully saturated rings. The molecule has 10 N–H and O–H groups in total. The summed E-state index contributed by atoms with van der Waals surface area (Å²) in [5.41, 5.74) is 17.1. The van der Waals surface area contributed by atoms with E-state index in [4.69, 9.17) is 91.7 Å². The minimum absolute atomic E-state index is 0. The predicted molar refractivity (Wildman–Crippen MR) is 301 cm³/mol. The first kappa shape index (κ1) is 71.3. The average molecular weight is 1210 g/mol. The van der Waals surface area contributed by atoms with Crippen molar-refractivity contribution in [1.29, 1.82) is 0 Å². The number of nitrogen functional groups attached to an aromatic ring is 1. The summed E-state index contributed by atoms with van der Waals surface area (Å²) in [7, 11) is 0. The van der Waals surface area contributed by atoms with Crippen LogP contribution in [0.1, 0.15) is 33.1 Å². The second-order valence-corrected chi connectivity index (χ2v) is 17.7. The van der Waals surface area contributed by atoms with Gasteiger partial charge in [0.2, 0.25) is 0 Å². The molecule has 15 nitrogen and oxygen atoms in total. The molecule has 71 heavy (non-hydrogen) atoms. The van der Waals surface area contributed by atoms with E-state index in [9.17, 15) is 4.79 Å². The second-order valence-electron chi connectivity index (χ2n) is 12.5. The van der Waals surface area contributed by atoms with Gasteiger partial charge in [0.15, 0.2) is 20.5 Å². The number of nitrogens with one attached hydrogen (secondary N) is 1. The first-order chi connectivity index (χ1) is 32.4. The molecule has 0 amide bonds. The van der Waals surface area contributed by atoms with E-state index < -0.39 is 0 Å². The van der Waals surface area contributed by atoms with E-state index in [1.165, 1.54) is 11.3 Å². The molecule has 372 valence electrons.